The number of esters is 2. The van der Waals surface area contributed by atoms with Crippen LogP contribution in [0, 0.1) is 10.1 Å². The van der Waals surface area contributed by atoms with E-state index in [2.05, 4.69) is 5.32 Å². The molecule has 2 aromatic carbocycles. The highest BCUT2D eigenvalue weighted by atomic mass is 35.5. The number of hydrogen-bond donors (Lipinski definition) is 1. The summed E-state index contributed by atoms with van der Waals surface area (Å²) in [4.78, 5) is 62.3. The van der Waals surface area contributed by atoms with Crippen molar-refractivity contribution in [2.24, 2.45) is 0 Å². The van der Waals surface area contributed by atoms with Gasteiger partial charge in [-0.2, -0.15) is 0 Å². The van der Waals surface area contributed by atoms with Crippen LogP contribution in [0.4, 0.5) is 5.69 Å². The second kappa shape index (κ2) is 12.7. The Labute approximate surface area is 237 Å². The first-order valence-electron chi connectivity index (χ1n) is 11.7. The Morgan fingerprint density at radius 3 is 2.42 bits per heavy atom. The van der Waals surface area contributed by atoms with Crippen LogP contribution in [0.15, 0.2) is 76.3 Å². The average molecular weight is 588 g/mol. The molecule has 2 atom stereocenters. The Morgan fingerprint density at radius 1 is 1.10 bits per heavy atom. The average Bonchev–Trinajstić information content (AvgIpc) is 2.96. The summed E-state index contributed by atoms with van der Waals surface area (Å²) in [6.45, 7) is 0.244. The molecule has 0 radical (unpaired) electrons. The number of halogens is 1. The molecule has 1 N–H and O–H groups in total. The predicted molar refractivity (Wildman–Crippen MR) is 143 cm³/mol. The van der Waals surface area contributed by atoms with Gasteiger partial charge in [-0.25, -0.2) is 4.79 Å². The minimum Gasteiger partial charge on any atom is -0.484 e. The van der Waals surface area contributed by atoms with Crippen molar-refractivity contribution in [3.8, 4) is 5.75 Å². The van der Waals surface area contributed by atoms with Crippen molar-refractivity contribution in [2.45, 2.75) is 24.9 Å². The minimum atomic E-state index is -0.990. The van der Waals surface area contributed by atoms with Gasteiger partial charge in [-0.05, 0) is 29.8 Å². The Bertz CT molecular complexity index is 1400. The number of rotatable bonds is 10. The molecule has 2 heterocycles. The molecule has 1 fully saturated rings. The van der Waals surface area contributed by atoms with E-state index in [4.69, 9.17) is 25.8 Å². The number of non-ortho nitro benzene ring substituents is 1. The summed E-state index contributed by atoms with van der Waals surface area (Å²) in [5, 5.41) is 12.8. The standard InChI is InChI=1S/C26H22ClN3O9S/c1-15(31)37-13-19-20(11-27)40-25-22(28-21(32)14-38-18-5-3-2-4-6-18)24(33)29(25)23(19)26(34)39-12-16-7-9-17(10-8-16)30(35)36/h2-11,22,25H,12-14H2,1H3,(H,28,32)/t22?,25-/m0/s1. The molecule has 1 unspecified atom stereocenters. The van der Waals surface area contributed by atoms with Crippen LogP contribution in [0.3, 0.4) is 0 Å². The molecule has 0 aromatic heterocycles. The van der Waals surface area contributed by atoms with Crippen molar-refractivity contribution in [3.63, 3.8) is 0 Å². The van der Waals surface area contributed by atoms with Crippen LogP contribution in [0.25, 0.3) is 0 Å². The van der Waals surface area contributed by atoms with Gasteiger partial charge in [0.05, 0.1) is 4.92 Å². The van der Waals surface area contributed by atoms with E-state index in [0.717, 1.165) is 16.7 Å². The Balaban J connectivity index is 1.51. The fourth-order valence-electron chi connectivity index (χ4n) is 3.86. The summed E-state index contributed by atoms with van der Waals surface area (Å²) in [5.74, 6) is -2.18. The molecule has 4 rings (SSSR count). The van der Waals surface area contributed by atoms with E-state index in [0.29, 0.717) is 16.2 Å². The number of nitrogens with zero attached hydrogens (tertiary/aromatic N) is 2. The van der Waals surface area contributed by atoms with Crippen LogP contribution >= 0.6 is 23.4 Å². The number of hydrogen-bond acceptors (Lipinski definition) is 10. The monoisotopic (exact) mass is 587 g/mol. The largest absolute Gasteiger partial charge is 0.484 e. The molecule has 2 amide bonds. The van der Waals surface area contributed by atoms with Gasteiger partial charge in [-0.3, -0.25) is 29.4 Å². The lowest BCUT2D eigenvalue weighted by molar-refractivity contribution is -0.384. The van der Waals surface area contributed by atoms with Gasteiger partial charge in [0, 0.05) is 35.1 Å². The lowest BCUT2D eigenvalue weighted by Gasteiger charge is -2.50. The first-order chi connectivity index (χ1) is 19.2. The number of fused-ring (bicyclic) bond motifs is 1. The van der Waals surface area contributed by atoms with E-state index in [1.54, 1.807) is 30.3 Å². The fourth-order valence-corrected chi connectivity index (χ4v) is 5.39. The molecule has 0 spiro atoms. The first-order valence-corrected chi connectivity index (χ1v) is 13.1. The van der Waals surface area contributed by atoms with Crippen LogP contribution in [0.5, 0.6) is 5.75 Å². The number of nitro benzene ring substituents is 1. The van der Waals surface area contributed by atoms with Crippen molar-refractivity contribution in [1.82, 2.24) is 10.2 Å². The first kappa shape index (κ1) is 28.6. The van der Waals surface area contributed by atoms with Crippen LogP contribution in [0.2, 0.25) is 0 Å². The summed E-state index contributed by atoms with van der Waals surface area (Å²) in [5.41, 5.74) is 1.50. The van der Waals surface area contributed by atoms with Crippen LogP contribution < -0.4 is 10.1 Å². The zero-order chi connectivity index (χ0) is 28.8. The zero-order valence-corrected chi connectivity index (χ0v) is 22.5. The molecule has 208 valence electrons. The highest BCUT2D eigenvalue weighted by Gasteiger charge is 2.55. The Hall–Kier alpha value is -4.36. The van der Waals surface area contributed by atoms with Gasteiger partial charge in [0.15, 0.2) is 6.61 Å². The van der Waals surface area contributed by atoms with Gasteiger partial charge in [0.25, 0.3) is 17.5 Å². The van der Waals surface area contributed by atoms with Crippen molar-refractivity contribution >= 4 is 52.8 Å². The fraction of sp³-hybridized carbons (Fsp3) is 0.231. The number of benzene rings is 2. The summed E-state index contributed by atoms with van der Waals surface area (Å²) < 4.78 is 15.9. The topological polar surface area (TPSA) is 154 Å². The summed E-state index contributed by atoms with van der Waals surface area (Å²) in [6.07, 6.45) is 0. The van der Waals surface area contributed by atoms with Crippen molar-refractivity contribution in [2.75, 3.05) is 13.2 Å². The van der Waals surface area contributed by atoms with E-state index < -0.39 is 40.1 Å². The molecule has 0 aliphatic carbocycles. The highest BCUT2D eigenvalue weighted by Crippen LogP contribution is 2.47. The number of carbonyl (C=O) groups is 4. The third-order valence-electron chi connectivity index (χ3n) is 5.77. The second-order valence-electron chi connectivity index (χ2n) is 8.44. The van der Waals surface area contributed by atoms with Gasteiger partial charge in [-0.1, -0.05) is 41.6 Å². The number of ether oxygens (including phenoxy) is 3. The summed E-state index contributed by atoms with van der Waals surface area (Å²) >= 11 is 7.15. The van der Waals surface area contributed by atoms with E-state index in [1.165, 1.54) is 36.7 Å². The number of nitrogens with one attached hydrogen (secondary N) is 1. The van der Waals surface area contributed by atoms with E-state index >= 15 is 0 Å². The maximum Gasteiger partial charge on any atom is 0.355 e. The van der Waals surface area contributed by atoms with Gasteiger partial charge >= 0.3 is 11.9 Å². The smallest absolute Gasteiger partial charge is 0.355 e. The van der Waals surface area contributed by atoms with Gasteiger partial charge in [0.2, 0.25) is 0 Å². The lowest BCUT2D eigenvalue weighted by atomic mass is 10.0. The molecule has 2 aliphatic rings. The number of nitro groups is 1. The van der Waals surface area contributed by atoms with Crippen molar-refractivity contribution < 1.29 is 38.3 Å². The Morgan fingerprint density at radius 2 is 1.80 bits per heavy atom. The normalized spacial score (nSPS) is 18.9. The highest BCUT2D eigenvalue weighted by molar-refractivity contribution is 8.04. The molecular formula is C26H22ClN3O9S. The molecule has 2 aliphatic heterocycles. The van der Waals surface area contributed by atoms with Crippen LogP contribution in [-0.2, 0) is 35.3 Å². The van der Waals surface area contributed by atoms with E-state index in [-0.39, 0.29) is 36.8 Å². The van der Waals surface area contributed by atoms with Gasteiger partial charge < -0.3 is 19.5 Å². The molecule has 12 nitrogen and oxygen atoms in total. The SMILES string of the molecule is CC(=O)OCC1=C(C(=O)OCc2ccc([N+](=O)[O-])cc2)N2C(=O)C(NC(=O)COc3ccccc3)[C@@H]2SC1=CCl. The molecular weight excluding hydrogens is 566 g/mol. The number of amides is 2. The number of β-lactam (4-membered cyclic amide) rings is 1. The maximum atomic E-state index is 13.3. The Kier molecular flexibility index (Phi) is 9.07. The minimum absolute atomic E-state index is 0.126. The maximum absolute atomic E-state index is 13.3. The van der Waals surface area contributed by atoms with Crippen LogP contribution in [-0.4, -0.2) is 58.2 Å². The number of para-hydroxylation sites is 1. The second-order valence-corrected chi connectivity index (χ2v) is 9.82. The van der Waals surface area contributed by atoms with Crippen LogP contribution in [0.1, 0.15) is 12.5 Å². The van der Waals surface area contributed by atoms with Crippen molar-refractivity contribution in [1.29, 1.82) is 0 Å². The quantitative estimate of drug-likeness (QED) is 0.190. The molecule has 40 heavy (non-hydrogen) atoms. The third kappa shape index (κ3) is 6.43. The van der Waals surface area contributed by atoms with Gasteiger partial charge in [-0.15, -0.1) is 0 Å². The molecule has 0 bridgehead atoms. The number of carbonyl (C=O) groups excluding carboxylic acids is 4. The predicted octanol–water partition coefficient (Wildman–Crippen LogP) is 3.01. The molecule has 14 heteroatoms. The lowest BCUT2D eigenvalue weighted by Crippen LogP contribution is -2.70. The van der Waals surface area contributed by atoms with Gasteiger partial charge in [0.1, 0.15) is 36.1 Å². The summed E-state index contributed by atoms with van der Waals surface area (Å²) in [7, 11) is 0. The van der Waals surface area contributed by atoms with E-state index in [1.807, 2.05) is 0 Å². The molecule has 1 saturated heterocycles. The number of thioether (sulfide) groups is 1. The van der Waals surface area contributed by atoms with Crippen molar-refractivity contribution in [3.05, 3.63) is 92.0 Å². The third-order valence-corrected chi connectivity index (χ3v) is 7.46. The van der Waals surface area contributed by atoms with E-state index in [9.17, 15) is 29.3 Å². The zero-order valence-electron chi connectivity index (χ0n) is 20.9. The molecule has 0 saturated carbocycles. The molecule has 2 aromatic rings. The summed E-state index contributed by atoms with van der Waals surface area (Å²) in [6, 6.07) is 13.1.